The fourth-order valence-corrected chi connectivity index (χ4v) is 3.65. The van der Waals surface area contributed by atoms with E-state index >= 15 is 0 Å². The number of nitrogens with one attached hydrogen (secondary N) is 2. The van der Waals surface area contributed by atoms with Gasteiger partial charge in [0.1, 0.15) is 0 Å². The number of urea groups is 1. The Labute approximate surface area is 167 Å². The Balaban J connectivity index is 0.00000261. The number of rotatable bonds is 5. The number of halogens is 1. The minimum absolute atomic E-state index is 0. The molecule has 3 heterocycles. The Morgan fingerprint density at radius 3 is 2.96 bits per heavy atom. The first-order valence-electron chi connectivity index (χ1n) is 9.79. The average molecular weight is 401 g/mol. The molecule has 3 rings (SSSR count). The van der Waals surface area contributed by atoms with Crippen LogP contribution in [0.2, 0.25) is 0 Å². The SMILES string of the molecule is CC(C)CNC(=O)N1CCCC(Cc2nc(C3CNCCN3C)no2)C1.Cl. The van der Waals surface area contributed by atoms with Crippen molar-refractivity contribution in [1.82, 2.24) is 30.6 Å². The summed E-state index contributed by atoms with van der Waals surface area (Å²) in [6.45, 7) is 9.34. The first-order chi connectivity index (χ1) is 12.5. The molecule has 0 radical (unpaired) electrons. The predicted octanol–water partition coefficient (Wildman–Crippen LogP) is 1.69. The highest BCUT2D eigenvalue weighted by Crippen LogP contribution is 2.22. The van der Waals surface area contributed by atoms with E-state index in [4.69, 9.17) is 4.52 Å². The van der Waals surface area contributed by atoms with E-state index in [9.17, 15) is 4.79 Å². The number of nitrogens with zero attached hydrogens (tertiary/aromatic N) is 4. The van der Waals surface area contributed by atoms with Gasteiger partial charge < -0.3 is 20.1 Å². The molecule has 1 aromatic rings. The summed E-state index contributed by atoms with van der Waals surface area (Å²) in [6.07, 6.45) is 2.86. The highest BCUT2D eigenvalue weighted by Gasteiger charge is 2.28. The number of amides is 2. The van der Waals surface area contributed by atoms with E-state index in [1.165, 1.54) is 0 Å². The molecule has 9 heteroatoms. The number of aromatic nitrogens is 2. The lowest BCUT2D eigenvalue weighted by molar-refractivity contribution is 0.160. The number of hydrogen-bond donors (Lipinski definition) is 2. The Morgan fingerprint density at radius 2 is 2.22 bits per heavy atom. The zero-order chi connectivity index (χ0) is 18.5. The smallest absolute Gasteiger partial charge is 0.317 e. The molecule has 2 fully saturated rings. The molecule has 0 aromatic carbocycles. The number of hydrogen-bond acceptors (Lipinski definition) is 6. The average Bonchev–Trinajstić information content (AvgIpc) is 3.08. The van der Waals surface area contributed by atoms with Gasteiger partial charge in [-0.3, -0.25) is 4.90 Å². The van der Waals surface area contributed by atoms with Crippen LogP contribution in [0.25, 0.3) is 0 Å². The molecule has 0 spiro atoms. The van der Waals surface area contributed by atoms with Gasteiger partial charge in [-0.15, -0.1) is 12.4 Å². The van der Waals surface area contributed by atoms with Gasteiger partial charge in [-0.05, 0) is 31.7 Å². The topological polar surface area (TPSA) is 86.5 Å². The van der Waals surface area contributed by atoms with Gasteiger partial charge in [0.05, 0.1) is 6.04 Å². The molecule has 0 saturated carbocycles. The van der Waals surface area contributed by atoms with E-state index in [0.29, 0.717) is 17.7 Å². The molecule has 2 amide bonds. The third kappa shape index (κ3) is 6.05. The molecule has 0 aliphatic carbocycles. The van der Waals surface area contributed by atoms with Gasteiger partial charge in [-0.25, -0.2) is 4.79 Å². The van der Waals surface area contributed by atoms with Crippen molar-refractivity contribution in [2.75, 3.05) is 46.3 Å². The number of carbonyl (C=O) groups is 1. The maximum atomic E-state index is 12.3. The minimum atomic E-state index is 0. The van der Waals surface area contributed by atoms with Gasteiger partial charge in [0.25, 0.3) is 0 Å². The van der Waals surface area contributed by atoms with Gasteiger partial charge in [-0.1, -0.05) is 19.0 Å². The van der Waals surface area contributed by atoms with Gasteiger partial charge in [-0.2, -0.15) is 4.98 Å². The Bertz CT molecular complexity index is 596. The van der Waals surface area contributed by atoms with Gasteiger partial charge in [0.2, 0.25) is 5.89 Å². The summed E-state index contributed by atoms with van der Waals surface area (Å²) in [5.74, 6) is 2.29. The fraction of sp³-hybridized carbons (Fsp3) is 0.833. The lowest BCUT2D eigenvalue weighted by atomic mass is 9.95. The van der Waals surface area contributed by atoms with Crippen LogP contribution >= 0.6 is 12.4 Å². The van der Waals surface area contributed by atoms with Crippen molar-refractivity contribution >= 4 is 18.4 Å². The van der Waals surface area contributed by atoms with Crippen LogP contribution in [-0.2, 0) is 6.42 Å². The molecule has 2 aliphatic heterocycles. The van der Waals surface area contributed by atoms with Crippen LogP contribution in [0.15, 0.2) is 4.52 Å². The summed E-state index contributed by atoms with van der Waals surface area (Å²) in [4.78, 5) is 21.1. The molecule has 154 valence electrons. The highest BCUT2D eigenvalue weighted by molar-refractivity contribution is 5.85. The van der Waals surface area contributed by atoms with Gasteiger partial charge >= 0.3 is 6.03 Å². The zero-order valence-electron chi connectivity index (χ0n) is 16.6. The molecule has 0 bridgehead atoms. The van der Waals surface area contributed by atoms with Gasteiger partial charge in [0, 0.05) is 45.7 Å². The van der Waals surface area contributed by atoms with Crippen LogP contribution in [0.3, 0.4) is 0 Å². The second kappa shape index (κ2) is 10.2. The highest BCUT2D eigenvalue weighted by atomic mass is 35.5. The summed E-state index contributed by atoms with van der Waals surface area (Å²) in [6, 6.07) is 0.218. The van der Waals surface area contributed by atoms with Crippen molar-refractivity contribution in [3.05, 3.63) is 11.7 Å². The van der Waals surface area contributed by atoms with E-state index in [0.717, 1.165) is 64.4 Å². The molecular formula is C18H33ClN6O2. The van der Waals surface area contributed by atoms with E-state index in [1.807, 2.05) is 4.90 Å². The summed E-state index contributed by atoms with van der Waals surface area (Å²) in [5.41, 5.74) is 0. The standard InChI is InChI=1S/C18H32N6O2.ClH/c1-13(2)10-20-18(25)24-7-4-5-14(12-24)9-16-21-17(22-26-16)15-11-19-6-8-23(15)3;/h13-15,19H,4-12H2,1-3H3,(H,20,25);1H. The van der Waals surface area contributed by atoms with E-state index < -0.39 is 0 Å². The van der Waals surface area contributed by atoms with Crippen molar-refractivity contribution in [3.8, 4) is 0 Å². The first-order valence-corrected chi connectivity index (χ1v) is 9.79. The van der Waals surface area contributed by atoms with Crippen LogP contribution in [0.1, 0.15) is 44.4 Å². The fourth-order valence-electron chi connectivity index (χ4n) is 3.65. The number of likely N-dealkylation sites (N-methyl/N-ethyl adjacent to an activating group) is 1. The molecule has 1 aromatic heterocycles. The summed E-state index contributed by atoms with van der Waals surface area (Å²) < 4.78 is 5.51. The van der Waals surface area contributed by atoms with Crippen LogP contribution in [0.4, 0.5) is 4.79 Å². The molecule has 2 N–H and O–H groups in total. The predicted molar refractivity (Wildman–Crippen MR) is 106 cm³/mol. The molecule has 2 unspecified atom stereocenters. The van der Waals surface area contributed by atoms with Crippen molar-refractivity contribution < 1.29 is 9.32 Å². The summed E-state index contributed by atoms with van der Waals surface area (Å²) >= 11 is 0. The summed E-state index contributed by atoms with van der Waals surface area (Å²) in [5, 5.41) is 10.6. The molecule has 2 saturated heterocycles. The largest absolute Gasteiger partial charge is 0.339 e. The van der Waals surface area contributed by atoms with Crippen LogP contribution in [0, 0.1) is 11.8 Å². The Hall–Kier alpha value is -1.38. The maximum absolute atomic E-state index is 12.3. The molecular weight excluding hydrogens is 368 g/mol. The normalized spacial score (nSPS) is 23.9. The van der Waals surface area contributed by atoms with Crippen LogP contribution < -0.4 is 10.6 Å². The summed E-state index contributed by atoms with van der Waals surface area (Å²) in [7, 11) is 2.09. The number of carbonyl (C=O) groups excluding carboxylic acids is 1. The van der Waals surface area contributed by atoms with E-state index in [1.54, 1.807) is 0 Å². The third-order valence-corrected chi connectivity index (χ3v) is 5.22. The van der Waals surface area contributed by atoms with Crippen LogP contribution in [0.5, 0.6) is 0 Å². The monoisotopic (exact) mass is 400 g/mol. The number of piperidine rings is 1. The van der Waals surface area contributed by atoms with Crippen molar-refractivity contribution in [1.29, 1.82) is 0 Å². The zero-order valence-corrected chi connectivity index (χ0v) is 17.4. The minimum Gasteiger partial charge on any atom is -0.339 e. The molecule has 27 heavy (non-hydrogen) atoms. The molecule has 2 atom stereocenters. The van der Waals surface area contributed by atoms with Crippen LogP contribution in [-0.4, -0.2) is 72.3 Å². The van der Waals surface area contributed by atoms with Gasteiger partial charge in [0.15, 0.2) is 5.82 Å². The molecule has 8 nitrogen and oxygen atoms in total. The Kier molecular flexibility index (Phi) is 8.31. The quantitative estimate of drug-likeness (QED) is 0.782. The Morgan fingerprint density at radius 1 is 1.41 bits per heavy atom. The number of likely N-dealkylation sites (tertiary alicyclic amines) is 1. The van der Waals surface area contributed by atoms with Crippen molar-refractivity contribution in [2.24, 2.45) is 11.8 Å². The molecule has 2 aliphatic rings. The second-order valence-corrected chi connectivity index (χ2v) is 7.99. The number of piperazine rings is 1. The lowest BCUT2D eigenvalue weighted by Gasteiger charge is -2.32. The van der Waals surface area contributed by atoms with E-state index in [-0.39, 0.29) is 24.5 Å². The lowest BCUT2D eigenvalue weighted by Crippen LogP contribution is -2.46. The first kappa shape index (κ1) is 21.9. The third-order valence-electron chi connectivity index (χ3n) is 5.22. The van der Waals surface area contributed by atoms with E-state index in [2.05, 4.69) is 46.6 Å². The maximum Gasteiger partial charge on any atom is 0.317 e. The van der Waals surface area contributed by atoms with Crippen molar-refractivity contribution in [3.63, 3.8) is 0 Å². The van der Waals surface area contributed by atoms with Crippen molar-refractivity contribution in [2.45, 2.75) is 39.2 Å². The second-order valence-electron chi connectivity index (χ2n) is 7.99.